The first-order chi connectivity index (χ1) is 9.65. The van der Waals surface area contributed by atoms with Gasteiger partial charge in [-0.1, -0.05) is 29.8 Å². The fourth-order valence-corrected chi connectivity index (χ4v) is 2.21. The number of hydrogen-bond donors (Lipinski definition) is 2. The molecule has 0 fully saturated rings. The molecular weight excluding hydrogens is 279 g/mol. The van der Waals surface area contributed by atoms with E-state index in [4.69, 9.17) is 22.2 Å². The average molecular weight is 295 g/mol. The van der Waals surface area contributed by atoms with Crippen molar-refractivity contribution in [2.75, 3.05) is 6.61 Å². The van der Waals surface area contributed by atoms with Crippen LogP contribution in [0.25, 0.3) is 0 Å². The lowest BCUT2D eigenvalue weighted by Gasteiger charge is -2.18. The zero-order valence-corrected chi connectivity index (χ0v) is 11.8. The molecule has 0 bridgehead atoms. The summed E-state index contributed by atoms with van der Waals surface area (Å²) in [5.41, 5.74) is 3.88. The molecule has 1 unspecified atom stereocenters. The van der Waals surface area contributed by atoms with Crippen molar-refractivity contribution >= 4 is 11.6 Å². The molecule has 0 saturated heterocycles. The molecule has 2 aromatic carbocycles. The molecule has 5 heteroatoms. The van der Waals surface area contributed by atoms with Crippen molar-refractivity contribution in [3.63, 3.8) is 0 Å². The molecular formula is C15H16ClFN2O. The third kappa shape index (κ3) is 3.28. The summed E-state index contributed by atoms with van der Waals surface area (Å²) >= 11 is 5.77. The summed E-state index contributed by atoms with van der Waals surface area (Å²) in [6.45, 7) is 2.48. The summed E-state index contributed by atoms with van der Waals surface area (Å²) in [5.74, 6) is 5.90. The Morgan fingerprint density at radius 1 is 1.30 bits per heavy atom. The monoisotopic (exact) mass is 294 g/mol. The van der Waals surface area contributed by atoms with E-state index in [1.165, 1.54) is 6.07 Å². The van der Waals surface area contributed by atoms with E-state index in [9.17, 15) is 4.39 Å². The Morgan fingerprint density at radius 3 is 2.75 bits per heavy atom. The maximum atomic E-state index is 14.0. The van der Waals surface area contributed by atoms with Crippen molar-refractivity contribution in [2.24, 2.45) is 5.84 Å². The summed E-state index contributed by atoms with van der Waals surface area (Å²) in [6.07, 6.45) is 0. The highest BCUT2D eigenvalue weighted by atomic mass is 35.5. The summed E-state index contributed by atoms with van der Waals surface area (Å²) in [5, 5.41) is 0.352. The number of hydrogen-bond acceptors (Lipinski definition) is 3. The Bertz CT molecular complexity index is 592. The van der Waals surface area contributed by atoms with Gasteiger partial charge in [-0.2, -0.15) is 0 Å². The van der Waals surface area contributed by atoms with Gasteiger partial charge in [-0.05, 0) is 36.8 Å². The van der Waals surface area contributed by atoms with Gasteiger partial charge in [-0.25, -0.2) is 9.82 Å². The molecule has 2 aromatic rings. The van der Waals surface area contributed by atoms with E-state index in [-0.39, 0.29) is 0 Å². The van der Waals surface area contributed by atoms with Gasteiger partial charge in [0.1, 0.15) is 11.6 Å². The summed E-state index contributed by atoms with van der Waals surface area (Å²) < 4.78 is 19.5. The van der Waals surface area contributed by atoms with Crippen LogP contribution in [-0.4, -0.2) is 6.61 Å². The highest BCUT2D eigenvalue weighted by Gasteiger charge is 2.17. The lowest BCUT2D eigenvalue weighted by Crippen LogP contribution is -2.29. The molecule has 0 aliphatic rings. The molecule has 106 valence electrons. The second-order valence-electron chi connectivity index (χ2n) is 4.27. The molecule has 0 aromatic heterocycles. The van der Waals surface area contributed by atoms with Crippen molar-refractivity contribution in [3.05, 3.63) is 64.4 Å². The van der Waals surface area contributed by atoms with Gasteiger partial charge in [-0.15, -0.1) is 0 Å². The Balaban J connectivity index is 2.38. The van der Waals surface area contributed by atoms with Crippen LogP contribution < -0.4 is 16.0 Å². The van der Waals surface area contributed by atoms with Gasteiger partial charge in [0.05, 0.1) is 12.6 Å². The number of nitrogens with one attached hydrogen (secondary N) is 1. The number of halogens is 2. The van der Waals surface area contributed by atoms with Crippen LogP contribution >= 0.6 is 11.6 Å². The zero-order valence-electron chi connectivity index (χ0n) is 11.1. The van der Waals surface area contributed by atoms with Gasteiger partial charge in [0, 0.05) is 10.6 Å². The van der Waals surface area contributed by atoms with Crippen LogP contribution in [0.15, 0.2) is 42.5 Å². The van der Waals surface area contributed by atoms with E-state index in [2.05, 4.69) is 5.43 Å². The maximum absolute atomic E-state index is 14.0. The van der Waals surface area contributed by atoms with E-state index in [0.29, 0.717) is 17.2 Å². The molecule has 0 saturated carbocycles. The predicted octanol–water partition coefficient (Wildman–Crippen LogP) is 3.43. The number of rotatable bonds is 5. The first-order valence-electron chi connectivity index (χ1n) is 6.29. The smallest absolute Gasteiger partial charge is 0.129 e. The lowest BCUT2D eigenvalue weighted by molar-refractivity contribution is 0.339. The summed E-state index contributed by atoms with van der Waals surface area (Å²) in [4.78, 5) is 0. The Morgan fingerprint density at radius 2 is 2.10 bits per heavy atom. The predicted molar refractivity (Wildman–Crippen MR) is 78.2 cm³/mol. The van der Waals surface area contributed by atoms with Gasteiger partial charge in [0.25, 0.3) is 0 Å². The molecule has 20 heavy (non-hydrogen) atoms. The van der Waals surface area contributed by atoms with Gasteiger partial charge in [0.2, 0.25) is 0 Å². The van der Waals surface area contributed by atoms with Gasteiger partial charge >= 0.3 is 0 Å². The first-order valence-corrected chi connectivity index (χ1v) is 6.67. The molecule has 2 rings (SSSR count). The van der Waals surface area contributed by atoms with Crippen LogP contribution in [-0.2, 0) is 0 Å². The number of hydrazine groups is 1. The van der Waals surface area contributed by atoms with Crippen molar-refractivity contribution in [3.8, 4) is 5.75 Å². The second-order valence-corrected chi connectivity index (χ2v) is 4.71. The standard InChI is InChI=1S/C15H16ClFN2O/c1-2-20-12-5-3-4-10(8-12)15(19-18)13-7-6-11(16)9-14(13)17/h3-9,15,19H,2,18H2,1H3. The lowest BCUT2D eigenvalue weighted by atomic mass is 9.98. The first kappa shape index (κ1) is 14.8. The zero-order chi connectivity index (χ0) is 14.5. The Kier molecular flexibility index (Phi) is 4.95. The topological polar surface area (TPSA) is 47.3 Å². The fourth-order valence-electron chi connectivity index (χ4n) is 2.05. The molecule has 0 aliphatic carbocycles. The van der Waals surface area contributed by atoms with Crippen LogP contribution in [0.3, 0.4) is 0 Å². The van der Waals surface area contributed by atoms with E-state index in [0.717, 1.165) is 11.3 Å². The van der Waals surface area contributed by atoms with E-state index < -0.39 is 11.9 Å². The van der Waals surface area contributed by atoms with E-state index >= 15 is 0 Å². The molecule has 1 atom stereocenters. The highest BCUT2D eigenvalue weighted by molar-refractivity contribution is 6.30. The van der Waals surface area contributed by atoms with Gasteiger partial charge in [0.15, 0.2) is 0 Å². The average Bonchev–Trinajstić information content (AvgIpc) is 2.43. The molecule has 0 amide bonds. The van der Waals surface area contributed by atoms with Crippen LogP contribution in [0.1, 0.15) is 24.1 Å². The largest absolute Gasteiger partial charge is 0.494 e. The normalized spacial score (nSPS) is 12.2. The third-order valence-corrected chi connectivity index (χ3v) is 3.18. The molecule has 3 nitrogen and oxygen atoms in total. The van der Waals surface area contributed by atoms with Crippen molar-refractivity contribution in [2.45, 2.75) is 13.0 Å². The van der Waals surface area contributed by atoms with Crippen LogP contribution in [0.5, 0.6) is 5.75 Å². The maximum Gasteiger partial charge on any atom is 0.129 e. The van der Waals surface area contributed by atoms with Crippen molar-refractivity contribution in [1.29, 1.82) is 0 Å². The molecule has 0 spiro atoms. The summed E-state index contributed by atoms with van der Waals surface area (Å²) in [7, 11) is 0. The second kappa shape index (κ2) is 6.70. The van der Waals surface area contributed by atoms with E-state index in [1.54, 1.807) is 12.1 Å². The molecule has 0 heterocycles. The van der Waals surface area contributed by atoms with Crippen molar-refractivity contribution < 1.29 is 9.13 Å². The SMILES string of the molecule is CCOc1cccc(C(NN)c2ccc(Cl)cc2F)c1. The van der Waals surface area contributed by atoms with Gasteiger partial charge < -0.3 is 4.74 Å². The van der Waals surface area contributed by atoms with E-state index in [1.807, 2.05) is 31.2 Å². The Labute approximate surface area is 122 Å². The molecule has 0 aliphatic heterocycles. The Hall–Kier alpha value is -1.62. The van der Waals surface area contributed by atoms with Gasteiger partial charge in [-0.3, -0.25) is 5.84 Å². The fraction of sp³-hybridized carbons (Fsp3) is 0.200. The minimum atomic E-state index is -0.465. The number of ether oxygens (including phenoxy) is 1. The van der Waals surface area contributed by atoms with Crippen LogP contribution in [0, 0.1) is 5.82 Å². The van der Waals surface area contributed by atoms with Crippen molar-refractivity contribution in [1.82, 2.24) is 5.43 Å². The van der Waals surface area contributed by atoms with Crippen LogP contribution in [0.2, 0.25) is 5.02 Å². The molecule has 0 radical (unpaired) electrons. The summed E-state index contributed by atoms with van der Waals surface area (Å²) in [6, 6.07) is 11.5. The highest BCUT2D eigenvalue weighted by Crippen LogP contribution is 2.27. The minimum absolute atomic E-state index is 0.352. The minimum Gasteiger partial charge on any atom is -0.494 e. The molecule has 3 N–H and O–H groups in total. The number of nitrogens with two attached hydrogens (primary N) is 1. The number of benzene rings is 2. The quantitative estimate of drug-likeness (QED) is 0.656. The van der Waals surface area contributed by atoms with Crippen LogP contribution in [0.4, 0.5) is 4.39 Å². The third-order valence-electron chi connectivity index (χ3n) is 2.94.